The predicted octanol–water partition coefficient (Wildman–Crippen LogP) is 2.03. The average molecular weight is 393 g/mol. The Bertz CT molecular complexity index is 794. The molecule has 3 aliphatic heterocycles. The van der Waals surface area contributed by atoms with Crippen LogP contribution in [0.4, 0.5) is 0 Å². The van der Waals surface area contributed by atoms with Crippen LogP contribution in [-0.4, -0.2) is 62.9 Å². The molecule has 0 saturated carbocycles. The lowest BCUT2D eigenvalue weighted by Crippen LogP contribution is -2.45. The van der Waals surface area contributed by atoms with Crippen molar-refractivity contribution in [2.24, 2.45) is 11.3 Å². The van der Waals surface area contributed by atoms with Gasteiger partial charge in [0.25, 0.3) is 0 Å². The molecule has 148 valence electrons. The average Bonchev–Trinajstić information content (AvgIpc) is 3.31. The highest BCUT2D eigenvalue weighted by Crippen LogP contribution is 2.46. The molecule has 0 aliphatic carbocycles. The number of hydrogen-bond donors (Lipinski definition) is 0. The van der Waals surface area contributed by atoms with Crippen LogP contribution in [0.2, 0.25) is 0 Å². The minimum atomic E-state index is -3.60. The summed E-state index contributed by atoms with van der Waals surface area (Å²) in [6.07, 6.45) is 3.58. The van der Waals surface area contributed by atoms with E-state index in [1.54, 1.807) is 16.4 Å². The van der Waals surface area contributed by atoms with Gasteiger partial charge in [-0.2, -0.15) is 4.31 Å². The van der Waals surface area contributed by atoms with Crippen LogP contribution in [0, 0.1) is 18.3 Å². The maximum atomic E-state index is 13.2. The summed E-state index contributed by atoms with van der Waals surface area (Å²) in [5, 5.41) is 0. The molecule has 3 saturated heterocycles. The van der Waals surface area contributed by atoms with Gasteiger partial charge in [-0.3, -0.25) is 4.79 Å². The Labute approximate surface area is 161 Å². The van der Waals surface area contributed by atoms with Gasteiger partial charge in [0.05, 0.1) is 10.8 Å². The highest BCUT2D eigenvalue weighted by atomic mass is 32.2. The number of amides is 1. The fourth-order valence-electron chi connectivity index (χ4n) is 4.75. The summed E-state index contributed by atoms with van der Waals surface area (Å²) in [6, 6.07) is 6.97. The number of benzene rings is 1. The van der Waals surface area contributed by atoms with Gasteiger partial charge in [0.15, 0.2) is 0 Å². The van der Waals surface area contributed by atoms with Crippen LogP contribution in [0.5, 0.6) is 0 Å². The number of carbonyl (C=O) groups is 1. The number of rotatable bonds is 3. The number of hydrogen-bond acceptors (Lipinski definition) is 4. The molecule has 0 radical (unpaired) electrons. The normalized spacial score (nSPS) is 26.0. The molecule has 0 aromatic heterocycles. The highest BCUT2D eigenvalue weighted by Gasteiger charge is 2.54. The minimum Gasteiger partial charge on any atom is -0.381 e. The van der Waals surface area contributed by atoms with Crippen molar-refractivity contribution in [3.8, 4) is 0 Å². The third kappa shape index (κ3) is 3.41. The highest BCUT2D eigenvalue weighted by molar-refractivity contribution is 7.89. The van der Waals surface area contributed by atoms with Crippen molar-refractivity contribution in [2.75, 3.05) is 39.4 Å². The fraction of sp³-hybridized carbons (Fsp3) is 0.650. The van der Waals surface area contributed by atoms with Gasteiger partial charge in [-0.25, -0.2) is 8.42 Å². The number of nitrogens with zero attached hydrogens (tertiary/aromatic N) is 2. The third-order valence-corrected chi connectivity index (χ3v) is 8.31. The zero-order chi connectivity index (χ0) is 19.1. The van der Waals surface area contributed by atoms with E-state index in [4.69, 9.17) is 4.74 Å². The van der Waals surface area contributed by atoms with Crippen molar-refractivity contribution in [2.45, 2.75) is 37.5 Å². The van der Waals surface area contributed by atoms with Crippen molar-refractivity contribution in [1.82, 2.24) is 9.21 Å². The van der Waals surface area contributed by atoms with Gasteiger partial charge in [-0.1, -0.05) is 17.7 Å². The first-order valence-corrected chi connectivity index (χ1v) is 11.3. The maximum Gasteiger partial charge on any atom is 0.243 e. The van der Waals surface area contributed by atoms with Crippen LogP contribution in [0.1, 0.15) is 31.2 Å². The molecule has 0 unspecified atom stereocenters. The Morgan fingerprint density at radius 2 is 1.74 bits per heavy atom. The molecule has 3 aliphatic rings. The van der Waals surface area contributed by atoms with Crippen molar-refractivity contribution in [3.63, 3.8) is 0 Å². The summed E-state index contributed by atoms with van der Waals surface area (Å²) in [5.74, 6) is -0.129. The van der Waals surface area contributed by atoms with E-state index in [0.29, 0.717) is 24.7 Å². The fourth-order valence-corrected chi connectivity index (χ4v) is 6.30. The van der Waals surface area contributed by atoms with Crippen LogP contribution in [0.3, 0.4) is 0 Å². The molecule has 4 rings (SSSR count). The van der Waals surface area contributed by atoms with Crippen LogP contribution in [-0.2, 0) is 19.6 Å². The summed E-state index contributed by atoms with van der Waals surface area (Å²) in [4.78, 5) is 15.5. The molecule has 3 fully saturated rings. The van der Waals surface area contributed by atoms with Gasteiger partial charge >= 0.3 is 0 Å². The Morgan fingerprint density at radius 3 is 2.37 bits per heavy atom. The largest absolute Gasteiger partial charge is 0.381 e. The van der Waals surface area contributed by atoms with Crippen molar-refractivity contribution in [1.29, 1.82) is 0 Å². The molecular formula is C20H28N2O4S. The third-order valence-electron chi connectivity index (χ3n) is 6.48. The molecule has 1 aromatic rings. The maximum absolute atomic E-state index is 13.2. The van der Waals surface area contributed by atoms with E-state index >= 15 is 0 Å². The number of likely N-dealkylation sites (tertiary alicyclic amines) is 1. The van der Waals surface area contributed by atoms with Gasteiger partial charge in [0.1, 0.15) is 0 Å². The van der Waals surface area contributed by atoms with Crippen LogP contribution < -0.4 is 0 Å². The molecule has 1 atom stereocenters. The van der Waals surface area contributed by atoms with E-state index in [1.807, 2.05) is 24.0 Å². The predicted molar refractivity (Wildman–Crippen MR) is 102 cm³/mol. The summed E-state index contributed by atoms with van der Waals surface area (Å²) in [6.45, 7) is 5.43. The number of aryl methyl sites for hydroxylation is 1. The van der Waals surface area contributed by atoms with Gasteiger partial charge in [-0.05, 0) is 44.7 Å². The molecule has 3 heterocycles. The first-order valence-electron chi connectivity index (χ1n) is 9.86. The number of sulfonamides is 1. The summed E-state index contributed by atoms with van der Waals surface area (Å²) in [5.41, 5.74) is 0.730. The van der Waals surface area contributed by atoms with Crippen LogP contribution in [0.15, 0.2) is 29.2 Å². The molecule has 0 bridgehead atoms. The molecule has 6 nitrogen and oxygen atoms in total. The second-order valence-electron chi connectivity index (χ2n) is 8.17. The van der Waals surface area contributed by atoms with E-state index < -0.39 is 10.0 Å². The van der Waals surface area contributed by atoms with Crippen molar-refractivity contribution >= 4 is 15.9 Å². The van der Waals surface area contributed by atoms with E-state index in [1.165, 1.54) is 0 Å². The monoisotopic (exact) mass is 392 g/mol. The Balaban J connectivity index is 1.63. The lowest BCUT2D eigenvalue weighted by molar-refractivity contribution is -0.139. The van der Waals surface area contributed by atoms with E-state index in [-0.39, 0.29) is 23.8 Å². The second-order valence-corrected chi connectivity index (χ2v) is 10.1. The van der Waals surface area contributed by atoms with Gasteiger partial charge in [0, 0.05) is 44.8 Å². The molecular weight excluding hydrogens is 364 g/mol. The lowest BCUT2D eigenvalue weighted by Gasteiger charge is -2.38. The second kappa shape index (κ2) is 7.18. The Kier molecular flexibility index (Phi) is 5.03. The molecule has 1 amide bonds. The van der Waals surface area contributed by atoms with Crippen LogP contribution >= 0.6 is 0 Å². The number of ether oxygens (including phenoxy) is 1. The molecule has 1 spiro atoms. The lowest BCUT2D eigenvalue weighted by atomic mass is 9.71. The first-order chi connectivity index (χ1) is 12.9. The number of carbonyl (C=O) groups excluding carboxylic acids is 1. The molecule has 7 heteroatoms. The Morgan fingerprint density at radius 1 is 1.11 bits per heavy atom. The first kappa shape index (κ1) is 18.9. The summed E-state index contributed by atoms with van der Waals surface area (Å²) in [7, 11) is -3.60. The van der Waals surface area contributed by atoms with Crippen molar-refractivity contribution < 1.29 is 17.9 Å². The van der Waals surface area contributed by atoms with Gasteiger partial charge in [-0.15, -0.1) is 0 Å². The van der Waals surface area contributed by atoms with Gasteiger partial charge in [0.2, 0.25) is 15.9 Å². The SMILES string of the molecule is Cc1ccc(S(=O)(=O)N2C[C@@H](C(=O)N3CCCC3)C3(CCOCC3)C2)cc1. The topological polar surface area (TPSA) is 66.9 Å². The minimum absolute atomic E-state index is 0.135. The summed E-state index contributed by atoms with van der Waals surface area (Å²) < 4.78 is 33.5. The van der Waals surface area contributed by atoms with Crippen LogP contribution in [0.25, 0.3) is 0 Å². The molecule has 27 heavy (non-hydrogen) atoms. The van der Waals surface area contributed by atoms with E-state index in [9.17, 15) is 13.2 Å². The molecule has 1 aromatic carbocycles. The van der Waals surface area contributed by atoms with Gasteiger partial charge < -0.3 is 9.64 Å². The van der Waals surface area contributed by atoms with Crippen molar-refractivity contribution in [3.05, 3.63) is 29.8 Å². The van der Waals surface area contributed by atoms with E-state index in [2.05, 4.69) is 0 Å². The summed E-state index contributed by atoms with van der Waals surface area (Å²) >= 11 is 0. The molecule has 0 N–H and O–H groups in total. The quantitative estimate of drug-likeness (QED) is 0.789. The Hall–Kier alpha value is -1.44. The zero-order valence-electron chi connectivity index (χ0n) is 15.9. The standard InChI is InChI=1S/C20H28N2O4S/c1-16-4-6-17(7-5-16)27(24,25)22-14-18(19(23)21-10-2-3-11-21)20(15-22)8-12-26-13-9-20/h4-7,18H,2-3,8-15H2,1H3/t18-/m0/s1. The van der Waals surface area contributed by atoms with E-state index in [0.717, 1.165) is 44.3 Å². The smallest absolute Gasteiger partial charge is 0.243 e. The zero-order valence-corrected chi connectivity index (χ0v) is 16.7.